The third kappa shape index (κ3) is 7.36. The summed E-state index contributed by atoms with van der Waals surface area (Å²) in [4.78, 5) is 13.9. The van der Waals surface area contributed by atoms with Crippen molar-refractivity contribution >= 4 is 6.09 Å². The van der Waals surface area contributed by atoms with Crippen LogP contribution in [0.2, 0.25) is 0 Å². The van der Waals surface area contributed by atoms with Gasteiger partial charge >= 0.3 is 12.3 Å². The van der Waals surface area contributed by atoms with Gasteiger partial charge in [0.2, 0.25) is 5.88 Å². The lowest BCUT2D eigenvalue weighted by Crippen LogP contribution is -2.44. The fraction of sp³-hybridized carbons (Fsp3) is 0.393. The lowest BCUT2D eigenvalue weighted by atomic mass is 10.0. The number of alkyl halides is 3. The second kappa shape index (κ2) is 11.3. The number of carbonyl (C=O) groups is 1. The van der Waals surface area contributed by atoms with E-state index in [0.29, 0.717) is 43.9 Å². The summed E-state index contributed by atoms with van der Waals surface area (Å²) in [5.41, 5.74) is -0.536. The molecule has 0 radical (unpaired) electrons. The minimum atomic E-state index is -4.69. The fourth-order valence-electron chi connectivity index (χ4n) is 3.99. The van der Waals surface area contributed by atoms with Crippen LogP contribution < -0.4 is 9.47 Å². The van der Waals surface area contributed by atoms with Crippen LogP contribution in [-0.2, 0) is 17.5 Å². The van der Waals surface area contributed by atoms with Crippen molar-refractivity contribution in [2.45, 2.75) is 58.1 Å². The molecule has 10 heteroatoms. The molecular formula is C28H30F3N3O4. The van der Waals surface area contributed by atoms with Gasteiger partial charge in [-0.15, -0.1) is 10.2 Å². The minimum absolute atomic E-state index is 0.00637. The predicted molar refractivity (Wildman–Crippen MR) is 135 cm³/mol. The highest BCUT2D eigenvalue weighted by atomic mass is 19.4. The number of likely N-dealkylation sites (tertiary alicyclic amines) is 1. The van der Waals surface area contributed by atoms with Crippen molar-refractivity contribution in [3.63, 3.8) is 0 Å². The minimum Gasteiger partial charge on any atom is -0.489 e. The summed E-state index contributed by atoms with van der Waals surface area (Å²) >= 11 is 0. The highest BCUT2D eigenvalue weighted by Gasteiger charge is 2.37. The normalized spacial score (nSPS) is 14.7. The molecule has 202 valence electrons. The standard InChI is InChI=1S/C28H30F3N3O4/c1-27(2,3)38-26(35)34-15-13-22(14-16-34)37-24-17-23(25(33-32-24)28(29,30)31)20-9-11-21(12-10-20)36-18-19-7-5-4-6-8-19/h4-12,17,22H,13-16,18H2,1-3H3. The Balaban J connectivity index is 1.44. The molecule has 4 rings (SSSR count). The van der Waals surface area contributed by atoms with Gasteiger partial charge < -0.3 is 19.1 Å². The Morgan fingerprint density at radius 1 is 0.974 bits per heavy atom. The third-order valence-corrected chi connectivity index (χ3v) is 5.83. The number of hydrogen-bond acceptors (Lipinski definition) is 6. The summed E-state index contributed by atoms with van der Waals surface area (Å²) < 4.78 is 58.2. The number of benzene rings is 2. The first-order valence-corrected chi connectivity index (χ1v) is 12.3. The Labute approximate surface area is 219 Å². The summed E-state index contributed by atoms with van der Waals surface area (Å²) in [6.07, 6.45) is -4.43. The summed E-state index contributed by atoms with van der Waals surface area (Å²) in [6.45, 7) is 6.55. The average molecular weight is 530 g/mol. The van der Waals surface area contributed by atoms with Crippen molar-refractivity contribution in [1.82, 2.24) is 15.1 Å². The largest absolute Gasteiger partial charge is 0.489 e. The molecule has 0 saturated carbocycles. The van der Waals surface area contributed by atoms with E-state index in [-0.39, 0.29) is 17.5 Å². The van der Waals surface area contributed by atoms with E-state index in [1.807, 2.05) is 30.3 Å². The molecule has 0 unspecified atom stereocenters. The molecule has 1 aliphatic rings. The molecule has 1 aliphatic heterocycles. The molecule has 0 spiro atoms. The van der Waals surface area contributed by atoms with Gasteiger partial charge in [-0.2, -0.15) is 13.2 Å². The number of aromatic nitrogens is 2. The lowest BCUT2D eigenvalue weighted by Gasteiger charge is -2.33. The zero-order valence-corrected chi connectivity index (χ0v) is 21.5. The molecule has 0 N–H and O–H groups in total. The molecule has 1 fully saturated rings. The third-order valence-electron chi connectivity index (χ3n) is 5.83. The van der Waals surface area contributed by atoms with E-state index < -0.39 is 23.6 Å². The number of rotatable bonds is 6. The molecule has 0 aliphatic carbocycles. The van der Waals surface area contributed by atoms with Crippen LogP contribution in [0.25, 0.3) is 11.1 Å². The van der Waals surface area contributed by atoms with Crippen LogP contribution >= 0.6 is 0 Å². The van der Waals surface area contributed by atoms with Gasteiger partial charge in [0.05, 0.1) is 0 Å². The Morgan fingerprint density at radius 2 is 1.63 bits per heavy atom. The second-order valence-electron chi connectivity index (χ2n) is 10.0. The van der Waals surface area contributed by atoms with Crippen molar-refractivity contribution in [1.29, 1.82) is 0 Å². The predicted octanol–water partition coefficient (Wildman–Crippen LogP) is 6.52. The van der Waals surface area contributed by atoms with Crippen molar-refractivity contribution in [2.75, 3.05) is 13.1 Å². The van der Waals surface area contributed by atoms with Crippen molar-refractivity contribution in [2.24, 2.45) is 0 Å². The smallest absolute Gasteiger partial charge is 0.435 e. The maximum Gasteiger partial charge on any atom is 0.435 e. The van der Waals surface area contributed by atoms with Crippen LogP contribution in [0.15, 0.2) is 60.7 Å². The number of nitrogens with zero attached hydrogens (tertiary/aromatic N) is 3. The number of halogens is 3. The maximum atomic E-state index is 13.7. The van der Waals surface area contributed by atoms with Crippen LogP contribution in [0.4, 0.5) is 18.0 Å². The summed E-state index contributed by atoms with van der Waals surface area (Å²) in [5, 5.41) is 7.14. The van der Waals surface area contributed by atoms with E-state index in [1.165, 1.54) is 6.07 Å². The van der Waals surface area contributed by atoms with Crippen LogP contribution in [-0.4, -0.2) is 46.0 Å². The van der Waals surface area contributed by atoms with Crippen LogP contribution in [0, 0.1) is 0 Å². The van der Waals surface area contributed by atoms with Crippen LogP contribution in [0.5, 0.6) is 11.6 Å². The van der Waals surface area contributed by atoms with Gasteiger partial charge in [0, 0.05) is 37.6 Å². The zero-order valence-electron chi connectivity index (χ0n) is 21.5. The number of carbonyl (C=O) groups excluding carboxylic acids is 1. The number of ether oxygens (including phenoxy) is 3. The van der Waals surface area contributed by atoms with Crippen LogP contribution in [0.1, 0.15) is 44.9 Å². The van der Waals surface area contributed by atoms with Crippen molar-refractivity contribution in [3.05, 3.63) is 71.9 Å². The molecule has 2 heterocycles. The van der Waals surface area contributed by atoms with Crippen molar-refractivity contribution in [3.8, 4) is 22.8 Å². The molecule has 38 heavy (non-hydrogen) atoms. The number of piperidine rings is 1. The second-order valence-corrected chi connectivity index (χ2v) is 10.0. The molecule has 3 aromatic rings. The van der Waals surface area contributed by atoms with E-state index in [4.69, 9.17) is 14.2 Å². The molecule has 2 aromatic carbocycles. The molecule has 1 saturated heterocycles. The van der Waals surface area contributed by atoms with E-state index in [1.54, 1.807) is 49.9 Å². The topological polar surface area (TPSA) is 73.8 Å². The highest BCUT2D eigenvalue weighted by Crippen LogP contribution is 2.37. The van der Waals surface area contributed by atoms with E-state index in [9.17, 15) is 18.0 Å². The highest BCUT2D eigenvalue weighted by molar-refractivity contribution is 5.68. The quantitative estimate of drug-likeness (QED) is 0.362. The summed E-state index contributed by atoms with van der Waals surface area (Å²) in [6, 6.07) is 17.2. The fourth-order valence-corrected chi connectivity index (χ4v) is 3.99. The maximum absolute atomic E-state index is 13.7. The monoisotopic (exact) mass is 529 g/mol. The molecular weight excluding hydrogens is 499 g/mol. The first-order valence-electron chi connectivity index (χ1n) is 12.3. The van der Waals surface area contributed by atoms with E-state index in [2.05, 4.69) is 10.2 Å². The van der Waals surface area contributed by atoms with Gasteiger partial charge in [-0.1, -0.05) is 42.5 Å². The SMILES string of the molecule is CC(C)(C)OC(=O)N1CCC(Oc2cc(-c3ccc(OCc4ccccc4)cc3)c(C(F)(F)F)nn2)CC1. The zero-order chi connectivity index (χ0) is 27.3. The summed E-state index contributed by atoms with van der Waals surface area (Å²) in [7, 11) is 0. The Morgan fingerprint density at radius 3 is 2.24 bits per heavy atom. The molecule has 7 nitrogen and oxygen atoms in total. The molecule has 1 amide bonds. The molecule has 0 atom stereocenters. The van der Waals surface area contributed by atoms with Crippen LogP contribution in [0.3, 0.4) is 0 Å². The van der Waals surface area contributed by atoms with Gasteiger partial charge in [0.1, 0.15) is 24.1 Å². The van der Waals surface area contributed by atoms with Gasteiger partial charge in [-0.3, -0.25) is 0 Å². The Hall–Kier alpha value is -3.82. The molecule has 1 aromatic heterocycles. The number of amides is 1. The summed E-state index contributed by atoms with van der Waals surface area (Å²) in [5.74, 6) is 0.523. The first kappa shape index (κ1) is 27.2. The van der Waals surface area contributed by atoms with Gasteiger partial charge in [0.15, 0.2) is 5.69 Å². The van der Waals surface area contributed by atoms with Gasteiger partial charge in [-0.25, -0.2) is 4.79 Å². The van der Waals surface area contributed by atoms with E-state index >= 15 is 0 Å². The lowest BCUT2D eigenvalue weighted by molar-refractivity contribution is -0.141. The van der Waals surface area contributed by atoms with Crippen molar-refractivity contribution < 1.29 is 32.2 Å². The van der Waals surface area contributed by atoms with Gasteiger partial charge in [-0.05, 0) is 44.0 Å². The number of hydrogen-bond donors (Lipinski definition) is 0. The average Bonchev–Trinajstić information content (AvgIpc) is 2.87. The molecule has 0 bridgehead atoms. The van der Waals surface area contributed by atoms with Gasteiger partial charge in [0.25, 0.3) is 0 Å². The Bertz CT molecular complexity index is 1220. The van der Waals surface area contributed by atoms with E-state index in [0.717, 1.165) is 5.56 Å². The Kier molecular flexibility index (Phi) is 8.08. The first-order chi connectivity index (χ1) is 18.0.